The first kappa shape index (κ1) is 22.8. The van der Waals surface area contributed by atoms with Crippen molar-refractivity contribution in [1.82, 2.24) is 0 Å². The molecule has 0 N–H and O–H groups in total. The molecule has 0 heterocycles. The van der Waals surface area contributed by atoms with Crippen molar-refractivity contribution in [2.45, 2.75) is 27.2 Å². The Hall–Kier alpha value is -2.22. The molecule has 0 aromatic heterocycles. The predicted molar refractivity (Wildman–Crippen MR) is 114 cm³/mol. The molecule has 0 saturated heterocycles. The zero-order chi connectivity index (χ0) is 19.9. The normalized spacial score (nSPS) is 11.7. The van der Waals surface area contributed by atoms with Crippen LogP contribution < -0.4 is 4.74 Å². The van der Waals surface area contributed by atoms with Gasteiger partial charge < -0.3 is 4.74 Å². The van der Waals surface area contributed by atoms with Gasteiger partial charge in [0.2, 0.25) is 0 Å². The van der Waals surface area contributed by atoms with Gasteiger partial charge in [0.15, 0.2) is 0 Å². The fraction of sp³-hybridized carbons (Fsp3) is 0.160. The smallest absolute Gasteiger partial charge is 0.109 e. The Morgan fingerprint density at radius 1 is 1.11 bits per heavy atom. The molecule has 137 valence electrons. The van der Waals surface area contributed by atoms with E-state index in [0.29, 0.717) is 0 Å². The van der Waals surface area contributed by atoms with Gasteiger partial charge in [-0.15, -0.1) is 6.42 Å². The maximum atomic E-state index is 5.66. The number of aryl methyl sites for hydroxylation is 1. The Kier molecular flexibility index (Phi) is 11.8. The quantitative estimate of drug-likeness (QED) is 0.245. The second-order valence-corrected chi connectivity index (χ2v) is 7.64. The fourth-order valence-corrected chi connectivity index (χ4v) is 2.02. The van der Waals surface area contributed by atoms with Crippen LogP contribution in [0.5, 0.6) is 5.75 Å². The number of hydrogen-bond acceptors (Lipinski definition) is 1. The molecule has 27 heavy (non-hydrogen) atoms. The van der Waals surface area contributed by atoms with Gasteiger partial charge in [-0.1, -0.05) is 55.1 Å². The molecule has 0 atom stereocenters. The Morgan fingerprint density at radius 2 is 1.81 bits per heavy atom. The molecule has 1 aliphatic carbocycles. The summed E-state index contributed by atoms with van der Waals surface area (Å²) >= 11 is 2.08. The van der Waals surface area contributed by atoms with Crippen LogP contribution in [0.4, 0.5) is 0 Å². The largest absolute Gasteiger partial charge is 0.273 e. The molecule has 1 nitrogen and oxygen atoms in total. The van der Waals surface area contributed by atoms with Gasteiger partial charge in [-0.3, -0.25) is 6.08 Å². The summed E-state index contributed by atoms with van der Waals surface area (Å²) in [6, 6.07) is 18.0. The molecule has 0 radical (unpaired) electrons. The van der Waals surface area contributed by atoms with Gasteiger partial charge in [-0.05, 0) is 30.2 Å². The van der Waals surface area contributed by atoms with Crippen LogP contribution in [0.2, 0.25) is 0 Å². The molecule has 2 aromatic carbocycles. The van der Waals surface area contributed by atoms with E-state index in [0.717, 1.165) is 23.3 Å². The first-order chi connectivity index (χ1) is 13.0. The average molecular weight is 391 g/mol. The third-order valence-electron chi connectivity index (χ3n) is 3.22. The molecule has 2 heteroatoms. The number of rotatable bonds is 4. The Labute approximate surface area is 175 Å². The van der Waals surface area contributed by atoms with Gasteiger partial charge in [-0.2, -0.15) is 6.08 Å². The van der Waals surface area contributed by atoms with Crippen molar-refractivity contribution in [3.8, 4) is 5.75 Å². The van der Waals surface area contributed by atoms with Gasteiger partial charge in [0.05, 0.1) is 6.26 Å². The minimum Gasteiger partial charge on any atom is -0.273 e. The minimum atomic E-state index is 0.838. The maximum absolute atomic E-state index is 5.66. The summed E-state index contributed by atoms with van der Waals surface area (Å²) in [6.45, 7) is 10.0. The van der Waals surface area contributed by atoms with Crippen LogP contribution in [-0.2, 0) is 20.0 Å². The monoisotopic (exact) mass is 391 g/mol. The number of benzene rings is 2. The van der Waals surface area contributed by atoms with E-state index in [9.17, 15) is 0 Å². The van der Waals surface area contributed by atoms with Crippen LogP contribution in [0.25, 0.3) is 5.57 Å². The minimum absolute atomic E-state index is 0.838. The van der Waals surface area contributed by atoms with Crippen LogP contribution in [0.15, 0.2) is 91.7 Å². The van der Waals surface area contributed by atoms with E-state index >= 15 is 0 Å². The molecule has 0 amide bonds. The average Bonchev–Trinajstić information content (AvgIpc) is 3.23. The van der Waals surface area contributed by atoms with Crippen LogP contribution in [0.1, 0.15) is 31.4 Å². The fourth-order valence-electron chi connectivity index (χ4n) is 2.02. The molecule has 0 aliphatic heterocycles. The van der Waals surface area contributed by atoms with Gasteiger partial charge in [0.25, 0.3) is 0 Å². The molecule has 0 bridgehead atoms. The van der Waals surface area contributed by atoms with Gasteiger partial charge >= 0.3 is 37.6 Å². The van der Waals surface area contributed by atoms with E-state index in [1.54, 1.807) is 12.3 Å². The van der Waals surface area contributed by atoms with Crippen molar-refractivity contribution in [2.24, 2.45) is 0 Å². The summed E-state index contributed by atoms with van der Waals surface area (Å²) in [7, 11) is 0. The second kappa shape index (κ2) is 13.9. The van der Waals surface area contributed by atoms with E-state index in [4.69, 9.17) is 4.74 Å². The van der Waals surface area contributed by atoms with Gasteiger partial charge in [-0.25, -0.2) is 12.2 Å². The summed E-state index contributed by atoms with van der Waals surface area (Å²) < 4.78 is 7.08. The van der Waals surface area contributed by atoms with Crippen LogP contribution >= 0.6 is 0 Å². The molecule has 1 aliphatic rings. The van der Waals surface area contributed by atoms with E-state index in [1.165, 1.54) is 9.37 Å². The Bertz CT molecular complexity index is 784. The number of allylic oxidation sites excluding steroid dienone is 6. The third kappa shape index (κ3) is 11.2. The zero-order valence-electron chi connectivity index (χ0n) is 16.4. The summed E-state index contributed by atoms with van der Waals surface area (Å²) in [5, 5.41) is 0. The summed E-state index contributed by atoms with van der Waals surface area (Å²) in [6.07, 6.45) is 13.5. The van der Waals surface area contributed by atoms with Gasteiger partial charge in [0, 0.05) is 5.57 Å². The summed E-state index contributed by atoms with van der Waals surface area (Å²) in [5.41, 5.74) is 3.25. The van der Waals surface area contributed by atoms with Crippen molar-refractivity contribution in [3.05, 3.63) is 109 Å². The number of hydrogen-bond donors (Lipinski definition) is 0. The molecular weight excluding hydrogens is 364 g/mol. The van der Waals surface area contributed by atoms with E-state index in [-0.39, 0.29) is 0 Å². The van der Waals surface area contributed by atoms with Crippen LogP contribution in [-0.4, -0.2) is 3.81 Å². The molecule has 0 fully saturated rings. The van der Waals surface area contributed by atoms with E-state index < -0.39 is 0 Å². The van der Waals surface area contributed by atoms with Crippen molar-refractivity contribution in [3.63, 3.8) is 0 Å². The zero-order valence-corrected chi connectivity index (χ0v) is 18.0. The standard InChI is InChI=1S/C17H16O.C5H5.C3H6.Ti/c1-3-15(16-9-5-4-6-10-16)13-18-17-11-7-8-14(2)12-17;1-2-4-5-3-1;1-3-2;/h3-13H,1H2,2H3;1-3H,4H2;1-2H3;/q;-1;;+1. The van der Waals surface area contributed by atoms with E-state index in [1.807, 2.05) is 73.7 Å². The third-order valence-corrected chi connectivity index (χ3v) is 3.22. The topological polar surface area (TPSA) is 9.23 Å². The SMILES string of the molecule is C=CC(=COc1cccc(C)c1)c1ccccc1.C[C](C)=[Ti+].[C-]1=CC=CC1. The predicted octanol–water partition coefficient (Wildman–Crippen LogP) is 6.65. The Balaban J connectivity index is 0.000000333. The Morgan fingerprint density at radius 3 is 2.30 bits per heavy atom. The molecule has 0 saturated carbocycles. The van der Waals surface area contributed by atoms with Crippen molar-refractivity contribution in [2.75, 3.05) is 0 Å². The van der Waals surface area contributed by atoms with Crippen LogP contribution in [0.3, 0.4) is 0 Å². The summed E-state index contributed by atoms with van der Waals surface area (Å²) in [4.78, 5) is 0. The molecule has 0 spiro atoms. The first-order valence-corrected chi connectivity index (χ1v) is 9.66. The first-order valence-electron chi connectivity index (χ1n) is 8.87. The molecular formula is C25H27OTi. The van der Waals surface area contributed by atoms with Crippen molar-refractivity contribution >= 4 is 9.38 Å². The molecule has 2 aromatic rings. The summed E-state index contributed by atoms with van der Waals surface area (Å²) in [5.74, 6) is 0.838. The van der Waals surface area contributed by atoms with Gasteiger partial charge in [0.1, 0.15) is 5.75 Å². The van der Waals surface area contributed by atoms with Crippen molar-refractivity contribution in [1.29, 1.82) is 0 Å². The van der Waals surface area contributed by atoms with E-state index in [2.05, 4.69) is 52.6 Å². The second-order valence-electron chi connectivity index (χ2n) is 6.08. The van der Waals surface area contributed by atoms with Crippen LogP contribution in [0, 0.1) is 13.0 Å². The molecule has 0 unspecified atom stereocenters. The maximum Gasteiger partial charge on any atom is -0.109 e. The number of ether oxygens (including phenoxy) is 1. The molecule has 3 rings (SSSR count). The van der Waals surface area contributed by atoms with Crippen molar-refractivity contribution < 1.29 is 24.7 Å².